The summed E-state index contributed by atoms with van der Waals surface area (Å²) in [5, 5.41) is 7.86. The molecule has 1 aliphatic heterocycles. The Morgan fingerprint density at radius 3 is 2.71 bits per heavy atom. The lowest BCUT2D eigenvalue weighted by atomic mass is 10.1. The smallest absolute Gasteiger partial charge is 0.244 e. The van der Waals surface area contributed by atoms with Crippen molar-refractivity contribution in [2.24, 2.45) is 0 Å². The SMILES string of the molecule is Cc1cc2nc(-c3ccccc3)cc(N[C@H]3CCN(C)C3=O)n2n1. The van der Waals surface area contributed by atoms with Crippen molar-refractivity contribution in [3.8, 4) is 11.3 Å². The van der Waals surface area contributed by atoms with E-state index in [4.69, 9.17) is 4.98 Å². The van der Waals surface area contributed by atoms with Crippen molar-refractivity contribution >= 4 is 17.4 Å². The number of likely N-dealkylation sites (N-methyl/N-ethyl adjacent to an activating group) is 1. The fourth-order valence-corrected chi connectivity index (χ4v) is 3.08. The van der Waals surface area contributed by atoms with Crippen molar-refractivity contribution in [3.05, 3.63) is 48.2 Å². The Morgan fingerprint density at radius 2 is 2.00 bits per heavy atom. The quantitative estimate of drug-likeness (QED) is 0.804. The standard InChI is InChI=1S/C18H19N5O/c1-12-10-16-20-15(13-6-4-3-5-7-13)11-17(23(16)21-12)19-14-8-9-22(2)18(14)24/h3-7,10-11,14,19H,8-9H2,1-2H3/t14-/m0/s1. The summed E-state index contributed by atoms with van der Waals surface area (Å²) in [6.45, 7) is 2.71. The molecular formula is C18H19N5O. The van der Waals surface area contributed by atoms with Gasteiger partial charge in [-0.1, -0.05) is 30.3 Å². The molecule has 122 valence electrons. The summed E-state index contributed by atoms with van der Waals surface area (Å²) in [6, 6.07) is 13.7. The normalized spacial score (nSPS) is 17.7. The predicted molar refractivity (Wildman–Crippen MR) is 92.8 cm³/mol. The molecule has 0 unspecified atom stereocenters. The van der Waals surface area contributed by atoms with Gasteiger partial charge in [-0.3, -0.25) is 4.79 Å². The molecule has 4 rings (SSSR count). The van der Waals surface area contributed by atoms with E-state index in [2.05, 4.69) is 10.4 Å². The Bertz CT molecular complexity index is 902. The van der Waals surface area contributed by atoms with Crippen LogP contribution < -0.4 is 5.32 Å². The van der Waals surface area contributed by atoms with E-state index in [1.54, 1.807) is 9.42 Å². The topological polar surface area (TPSA) is 62.5 Å². The number of hydrogen-bond acceptors (Lipinski definition) is 4. The van der Waals surface area contributed by atoms with Crippen LogP contribution >= 0.6 is 0 Å². The van der Waals surface area contributed by atoms with Crippen LogP contribution in [-0.2, 0) is 4.79 Å². The molecule has 6 nitrogen and oxygen atoms in total. The highest BCUT2D eigenvalue weighted by Crippen LogP contribution is 2.24. The molecule has 2 aromatic heterocycles. The zero-order chi connectivity index (χ0) is 16.7. The van der Waals surface area contributed by atoms with Gasteiger partial charge in [0, 0.05) is 31.3 Å². The Balaban J connectivity index is 1.79. The third-order valence-corrected chi connectivity index (χ3v) is 4.37. The number of amides is 1. The van der Waals surface area contributed by atoms with Gasteiger partial charge in [-0.25, -0.2) is 4.98 Å². The monoisotopic (exact) mass is 321 g/mol. The maximum atomic E-state index is 12.2. The third-order valence-electron chi connectivity index (χ3n) is 4.37. The van der Waals surface area contributed by atoms with E-state index in [9.17, 15) is 4.79 Å². The number of aryl methyl sites for hydroxylation is 1. The summed E-state index contributed by atoms with van der Waals surface area (Å²) in [5.41, 5.74) is 3.57. The number of anilines is 1. The highest BCUT2D eigenvalue weighted by atomic mass is 16.2. The minimum atomic E-state index is -0.214. The molecule has 24 heavy (non-hydrogen) atoms. The van der Waals surface area contributed by atoms with E-state index in [1.165, 1.54) is 0 Å². The van der Waals surface area contributed by atoms with Gasteiger partial charge < -0.3 is 10.2 Å². The molecule has 1 fully saturated rings. The molecule has 0 saturated carbocycles. The number of fused-ring (bicyclic) bond motifs is 1. The van der Waals surface area contributed by atoms with Crippen LogP contribution in [0.1, 0.15) is 12.1 Å². The summed E-state index contributed by atoms with van der Waals surface area (Å²) in [6.07, 6.45) is 0.792. The number of carbonyl (C=O) groups is 1. The van der Waals surface area contributed by atoms with Crippen molar-refractivity contribution in [1.29, 1.82) is 0 Å². The number of nitrogens with zero attached hydrogens (tertiary/aromatic N) is 4. The molecule has 1 saturated heterocycles. The van der Waals surface area contributed by atoms with Crippen LogP contribution in [0.5, 0.6) is 0 Å². The van der Waals surface area contributed by atoms with Gasteiger partial charge in [0.05, 0.1) is 11.4 Å². The van der Waals surface area contributed by atoms with Gasteiger partial charge in [-0.15, -0.1) is 0 Å². The number of rotatable bonds is 3. The summed E-state index contributed by atoms with van der Waals surface area (Å²) in [5.74, 6) is 0.908. The lowest BCUT2D eigenvalue weighted by Gasteiger charge is -2.15. The van der Waals surface area contributed by atoms with Gasteiger partial charge in [-0.2, -0.15) is 9.61 Å². The lowest BCUT2D eigenvalue weighted by molar-refractivity contribution is -0.127. The van der Waals surface area contributed by atoms with Crippen LogP contribution in [0.15, 0.2) is 42.5 Å². The van der Waals surface area contributed by atoms with Gasteiger partial charge in [0.15, 0.2) is 5.65 Å². The molecule has 3 aromatic rings. The van der Waals surface area contributed by atoms with Crippen LogP contribution in [0.4, 0.5) is 5.82 Å². The minimum absolute atomic E-state index is 0.116. The molecule has 1 amide bonds. The summed E-state index contributed by atoms with van der Waals surface area (Å²) >= 11 is 0. The number of carbonyl (C=O) groups excluding carboxylic acids is 1. The van der Waals surface area contributed by atoms with E-state index < -0.39 is 0 Å². The molecule has 0 radical (unpaired) electrons. The number of aromatic nitrogens is 3. The van der Waals surface area contributed by atoms with E-state index in [0.29, 0.717) is 0 Å². The second-order valence-electron chi connectivity index (χ2n) is 6.19. The summed E-state index contributed by atoms with van der Waals surface area (Å²) in [7, 11) is 1.83. The first-order chi connectivity index (χ1) is 11.6. The predicted octanol–water partition coefficient (Wildman–Crippen LogP) is 2.35. The lowest BCUT2D eigenvalue weighted by Crippen LogP contribution is -2.31. The maximum Gasteiger partial charge on any atom is 0.244 e. The van der Waals surface area contributed by atoms with Gasteiger partial charge >= 0.3 is 0 Å². The average Bonchev–Trinajstić information content (AvgIpc) is 3.12. The van der Waals surface area contributed by atoms with Crippen molar-refractivity contribution in [1.82, 2.24) is 19.5 Å². The molecule has 6 heteroatoms. The molecule has 0 spiro atoms. The van der Waals surface area contributed by atoms with Gasteiger partial charge in [0.2, 0.25) is 5.91 Å². The molecule has 1 aliphatic rings. The van der Waals surface area contributed by atoms with Crippen molar-refractivity contribution < 1.29 is 4.79 Å². The van der Waals surface area contributed by atoms with Gasteiger partial charge in [-0.05, 0) is 13.3 Å². The highest BCUT2D eigenvalue weighted by Gasteiger charge is 2.29. The van der Waals surface area contributed by atoms with E-state index in [-0.39, 0.29) is 11.9 Å². The van der Waals surface area contributed by atoms with Crippen LogP contribution in [0.25, 0.3) is 16.9 Å². The largest absolute Gasteiger partial charge is 0.358 e. The van der Waals surface area contributed by atoms with Crippen molar-refractivity contribution in [3.63, 3.8) is 0 Å². The second-order valence-corrected chi connectivity index (χ2v) is 6.19. The highest BCUT2D eigenvalue weighted by molar-refractivity contribution is 5.86. The van der Waals surface area contributed by atoms with Crippen molar-refractivity contribution in [2.45, 2.75) is 19.4 Å². The molecule has 1 atom stereocenters. The van der Waals surface area contributed by atoms with Gasteiger partial charge in [0.25, 0.3) is 0 Å². The average molecular weight is 321 g/mol. The second kappa shape index (κ2) is 5.63. The zero-order valence-corrected chi connectivity index (χ0v) is 13.7. The fourth-order valence-electron chi connectivity index (χ4n) is 3.08. The Hall–Kier alpha value is -2.89. The molecule has 1 aromatic carbocycles. The minimum Gasteiger partial charge on any atom is -0.358 e. The van der Waals surface area contributed by atoms with E-state index >= 15 is 0 Å². The first-order valence-corrected chi connectivity index (χ1v) is 8.06. The van der Waals surface area contributed by atoms with E-state index in [1.807, 2.05) is 56.4 Å². The molecule has 0 aliphatic carbocycles. The van der Waals surface area contributed by atoms with Crippen LogP contribution in [0.3, 0.4) is 0 Å². The van der Waals surface area contributed by atoms with E-state index in [0.717, 1.165) is 41.4 Å². The Kier molecular flexibility index (Phi) is 3.45. The number of nitrogens with one attached hydrogen (secondary N) is 1. The Labute approximate surface area is 140 Å². The number of benzene rings is 1. The zero-order valence-electron chi connectivity index (χ0n) is 13.7. The van der Waals surface area contributed by atoms with Gasteiger partial charge in [0.1, 0.15) is 11.9 Å². The first kappa shape index (κ1) is 14.7. The number of likely N-dealkylation sites (tertiary alicyclic amines) is 1. The third kappa shape index (κ3) is 2.50. The summed E-state index contributed by atoms with van der Waals surface area (Å²) < 4.78 is 1.77. The molecule has 1 N–H and O–H groups in total. The molecule has 0 bridgehead atoms. The molecular weight excluding hydrogens is 302 g/mol. The number of hydrogen-bond donors (Lipinski definition) is 1. The van der Waals surface area contributed by atoms with Crippen LogP contribution in [0, 0.1) is 6.92 Å². The molecule has 3 heterocycles. The maximum absolute atomic E-state index is 12.2. The summed E-state index contributed by atoms with van der Waals surface area (Å²) in [4.78, 5) is 18.7. The Morgan fingerprint density at radius 1 is 1.21 bits per heavy atom. The fraction of sp³-hybridized carbons (Fsp3) is 0.278. The first-order valence-electron chi connectivity index (χ1n) is 8.06. The van der Waals surface area contributed by atoms with Crippen molar-refractivity contribution in [2.75, 3.05) is 18.9 Å². The van der Waals surface area contributed by atoms with Crippen LogP contribution in [-0.4, -0.2) is 45.0 Å². The van der Waals surface area contributed by atoms with Crippen LogP contribution in [0.2, 0.25) is 0 Å².